The Kier molecular flexibility index (Phi) is 6.78. The molecule has 170 valence electrons. The number of imidazole rings is 1. The Balaban J connectivity index is 1.87. The zero-order valence-corrected chi connectivity index (χ0v) is 20.0. The Morgan fingerprint density at radius 1 is 1.19 bits per heavy atom. The molecule has 0 saturated carbocycles. The molecule has 2 aromatic rings. The van der Waals surface area contributed by atoms with Gasteiger partial charge in [0.1, 0.15) is 33.5 Å². The van der Waals surface area contributed by atoms with Crippen LogP contribution in [0.3, 0.4) is 0 Å². The van der Waals surface area contributed by atoms with Crippen LogP contribution in [0.15, 0.2) is 24.3 Å². The van der Waals surface area contributed by atoms with Gasteiger partial charge in [-0.15, -0.1) is 0 Å². The molecule has 1 aliphatic heterocycles. The van der Waals surface area contributed by atoms with Crippen molar-refractivity contribution in [3.05, 3.63) is 45.0 Å². The van der Waals surface area contributed by atoms with Crippen LogP contribution in [0.1, 0.15) is 50.8 Å². The molecule has 3 rings (SSSR count). The topological polar surface area (TPSA) is 56.6 Å². The van der Waals surface area contributed by atoms with Gasteiger partial charge in [0.25, 0.3) is 0 Å². The Morgan fingerprint density at radius 3 is 2.39 bits per heavy atom. The smallest absolute Gasteiger partial charge is 0.416 e. The predicted octanol–water partition coefficient (Wildman–Crippen LogP) is 5.44. The second kappa shape index (κ2) is 8.87. The molecule has 10 heteroatoms. The summed E-state index contributed by atoms with van der Waals surface area (Å²) in [7, 11) is 0. The second-order valence-corrected chi connectivity index (χ2v) is 9.25. The number of fused-ring (bicyclic) bond motifs is 1. The number of rotatable bonds is 4. The van der Waals surface area contributed by atoms with Crippen LogP contribution < -0.4 is 4.74 Å². The van der Waals surface area contributed by atoms with Crippen molar-refractivity contribution in [1.82, 2.24) is 14.5 Å². The molecule has 2 heterocycles. The summed E-state index contributed by atoms with van der Waals surface area (Å²) in [6.07, 6.45) is -4.13. The van der Waals surface area contributed by atoms with Gasteiger partial charge in [0.15, 0.2) is 0 Å². The van der Waals surface area contributed by atoms with Gasteiger partial charge >= 0.3 is 12.3 Å². The number of hydrogen-bond acceptors (Lipinski definition) is 4. The number of amides is 1. The van der Waals surface area contributed by atoms with Crippen LogP contribution in [0, 0.1) is 3.70 Å². The maximum absolute atomic E-state index is 12.9. The maximum Gasteiger partial charge on any atom is 0.416 e. The summed E-state index contributed by atoms with van der Waals surface area (Å²) in [5, 5.41) is 0. The van der Waals surface area contributed by atoms with Gasteiger partial charge in [0.05, 0.1) is 11.3 Å². The fourth-order valence-electron chi connectivity index (χ4n) is 3.45. The van der Waals surface area contributed by atoms with E-state index in [0.29, 0.717) is 18.8 Å². The number of nitrogens with zero attached hydrogens (tertiary/aromatic N) is 3. The molecular weight excluding hydrogens is 526 g/mol. The number of hydrogen-bond donors (Lipinski definition) is 0. The summed E-state index contributed by atoms with van der Waals surface area (Å²) in [6, 6.07) is 4.04. The molecule has 1 unspecified atom stereocenters. The van der Waals surface area contributed by atoms with E-state index < -0.39 is 29.5 Å². The minimum Gasteiger partial charge on any atom is -0.491 e. The average Bonchev–Trinajstić information content (AvgIpc) is 3.00. The highest BCUT2D eigenvalue weighted by Gasteiger charge is 2.37. The molecule has 0 bridgehead atoms. The van der Waals surface area contributed by atoms with E-state index in [9.17, 15) is 18.0 Å². The lowest BCUT2D eigenvalue weighted by Crippen LogP contribution is -2.46. The van der Waals surface area contributed by atoms with Crippen LogP contribution in [0.5, 0.6) is 5.75 Å². The zero-order chi connectivity index (χ0) is 23.0. The molecule has 1 aromatic carbocycles. The van der Waals surface area contributed by atoms with E-state index >= 15 is 0 Å². The molecule has 0 spiro atoms. The molecule has 0 aliphatic carbocycles. The second-order valence-electron chi connectivity index (χ2n) is 8.23. The van der Waals surface area contributed by atoms with Crippen molar-refractivity contribution in [3.8, 4) is 5.75 Å². The molecule has 1 atom stereocenters. The van der Waals surface area contributed by atoms with Crippen LogP contribution in [0.2, 0.25) is 0 Å². The molecule has 0 radical (unpaired) electrons. The number of aryl methyl sites for hydroxylation is 1. The van der Waals surface area contributed by atoms with Gasteiger partial charge in [-0.1, -0.05) is 6.92 Å². The first-order chi connectivity index (χ1) is 14.4. The van der Waals surface area contributed by atoms with E-state index in [1.54, 1.807) is 25.7 Å². The molecular formula is C21H25F3IN3O3. The zero-order valence-electron chi connectivity index (χ0n) is 17.8. The van der Waals surface area contributed by atoms with Gasteiger partial charge in [0.2, 0.25) is 0 Å². The first-order valence-electron chi connectivity index (χ1n) is 9.95. The highest BCUT2D eigenvalue weighted by atomic mass is 127. The number of alkyl halides is 3. The van der Waals surface area contributed by atoms with Gasteiger partial charge in [-0.3, -0.25) is 4.90 Å². The summed E-state index contributed by atoms with van der Waals surface area (Å²) in [6.45, 7) is 8.48. The van der Waals surface area contributed by atoms with E-state index in [-0.39, 0.29) is 6.61 Å². The molecule has 0 N–H and O–H groups in total. The van der Waals surface area contributed by atoms with Crippen molar-refractivity contribution < 1.29 is 27.4 Å². The quantitative estimate of drug-likeness (QED) is 0.476. The van der Waals surface area contributed by atoms with Crippen LogP contribution >= 0.6 is 22.6 Å². The number of ether oxygens (including phenoxy) is 2. The molecule has 1 aromatic heterocycles. The van der Waals surface area contributed by atoms with Gasteiger partial charge in [0, 0.05) is 19.5 Å². The van der Waals surface area contributed by atoms with Crippen molar-refractivity contribution in [3.63, 3.8) is 0 Å². The highest BCUT2D eigenvalue weighted by molar-refractivity contribution is 14.1. The Morgan fingerprint density at radius 2 is 1.84 bits per heavy atom. The fourth-order valence-corrected chi connectivity index (χ4v) is 4.38. The maximum atomic E-state index is 12.9. The summed E-state index contributed by atoms with van der Waals surface area (Å²) in [4.78, 5) is 19.1. The third-order valence-corrected chi connectivity index (χ3v) is 5.62. The van der Waals surface area contributed by atoms with Crippen LogP contribution in [-0.2, 0) is 23.9 Å². The average molecular weight is 551 g/mol. The van der Waals surface area contributed by atoms with Gasteiger partial charge < -0.3 is 14.0 Å². The Hall–Kier alpha value is -1.98. The lowest BCUT2D eigenvalue weighted by atomic mass is 10.1. The number of halogens is 4. The monoisotopic (exact) mass is 551 g/mol. The summed E-state index contributed by atoms with van der Waals surface area (Å²) in [5.74, 6) is 1.21. The SMILES string of the molecule is CCc1nc(I)c2n1CCN(C(=O)OC(C)(C)C)C2COc1ccc(C(F)(F)F)cc1. The molecule has 31 heavy (non-hydrogen) atoms. The van der Waals surface area contributed by atoms with E-state index in [2.05, 4.69) is 32.1 Å². The molecule has 6 nitrogen and oxygen atoms in total. The van der Waals surface area contributed by atoms with Crippen molar-refractivity contribution >= 4 is 28.7 Å². The largest absolute Gasteiger partial charge is 0.491 e. The van der Waals surface area contributed by atoms with Crippen molar-refractivity contribution in [1.29, 1.82) is 0 Å². The first-order valence-corrected chi connectivity index (χ1v) is 11.0. The van der Waals surface area contributed by atoms with Crippen LogP contribution in [-0.4, -0.2) is 39.3 Å². The third-order valence-electron chi connectivity index (χ3n) is 4.83. The molecule has 1 aliphatic rings. The normalized spacial score (nSPS) is 16.8. The van der Waals surface area contributed by atoms with E-state index in [4.69, 9.17) is 9.47 Å². The predicted molar refractivity (Wildman–Crippen MR) is 117 cm³/mol. The number of benzene rings is 1. The van der Waals surface area contributed by atoms with Gasteiger partial charge in [-0.2, -0.15) is 13.2 Å². The standard InChI is InChI=1S/C21H25F3IN3O3/c1-5-16-26-18(25)17-15(12-30-14-8-6-13(7-9-14)21(22,23)24)27(10-11-28(16)17)19(29)31-20(2,3)4/h6-9,15H,5,10-12H2,1-4H3. The molecule has 0 fully saturated rings. The van der Waals surface area contributed by atoms with E-state index in [1.807, 2.05) is 6.92 Å². The third kappa shape index (κ3) is 5.45. The lowest BCUT2D eigenvalue weighted by Gasteiger charge is -2.37. The van der Waals surface area contributed by atoms with Gasteiger partial charge in [-0.25, -0.2) is 9.78 Å². The first kappa shape index (κ1) is 23.7. The summed E-state index contributed by atoms with van der Waals surface area (Å²) >= 11 is 2.14. The van der Waals surface area contributed by atoms with E-state index in [0.717, 1.165) is 33.8 Å². The minimum absolute atomic E-state index is 0.0649. The summed E-state index contributed by atoms with van der Waals surface area (Å²) in [5.41, 5.74) is -0.551. The molecule has 1 amide bonds. The highest BCUT2D eigenvalue weighted by Crippen LogP contribution is 2.34. The Labute approximate surface area is 192 Å². The van der Waals surface area contributed by atoms with E-state index in [1.165, 1.54) is 12.1 Å². The van der Waals surface area contributed by atoms with Crippen molar-refractivity contribution in [2.45, 2.75) is 58.5 Å². The Bertz CT molecular complexity index is 936. The number of carbonyl (C=O) groups is 1. The summed E-state index contributed by atoms with van der Waals surface area (Å²) < 4.78 is 52.7. The van der Waals surface area contributed by atoms with Crippen LogP contribution in [0.25, 0.3) is 0 Å². The van der Waals surface area contributed by atoms with Crippen molar-refractivity contribution in [2.75, 3.05) is 13.2 Å². The number of aromatic nitrogens is 2. The van der Waals surface area contributed by atoms with Gasteiger partial charge in [-0.05, 0) is 67.6 Å². The molecule has 0 saturated heterocycles. The van der Waals surface area contributed by atoms with Crippen LogP contribution in [0.4, 0.5) is 18.0 Å². The minimum atomic E-state index is -4.41. The van der Waals surface area contributed by atoms with Crippen molar-refractivity contribution in [2.24, 2.45) is 0 Å². The fraction of sp³-hybridized carbons (Fsp3) is 0.524. The lowest BCUT2D eigenvalue weighted by molar-refractivity contribution is -0.137. The number of carbonyl (C=O) groups excluding carboxylic acids is 1.